The van der Waals surface area contributed by atoms with Crippen LogP contribution in [-0.4, -0.2) is 59.9 Å². The van der Waals surface area contributed by atoms with Crippen molar-refractivity contribution in [3.63, 3.8) is 0 Å². The predicted molar refractivity (Wildman–Crippen MR) is 150 cm³/mol. The topological polar surface area (TPSA) is 74.9 Å². The molecule has 1 fully saturated rings. The maximum Gasteiger partial charge on any atom is 0.246 e. The van der Waals surface area contributed by atoms with Crippen LogP contribution in [0.15, 0.2) is 72.8 Å². The molecular weight excluding hydrogens is 490 g/mol. The zero-order valence-corrected chi connectivity index (χ0v) is 22.4. The highest BCUT2D eigenvalue weighted by atomic mass is 16.5. The molecule has 2 aliphatic rings. The number of hydrogen-bond acceptors (Lipinski definition) is 4. The van der Waals surface area contributed by atoms with Crippen LogP contribution >= 0.6 is 0 Å². The Morgan fingerprint density at radius 2 is 1.64 bits per heavy atom. The van der Waals surface area contributed by atoms with E-state index in [1.807, 2.05) is 53.4 Å². The van der Waals surface area contributed by atoms with E-state index in [4.69, 9.17) is 9.47 Å². The molecule has 0 radical (unpaired) electrons. The van der Waals surface area contributed by atoms with Gasteiger partial charge in [-0.15, -0.1) is 0 Å². The Balaban J connectivity index is 1.27. The molecule has 6 rings (SSSR count). The van der Waals surface area contributed by atoms with Crippen molar-refractivity contribution in [1.29, 1.82) is 0 Å². The van der Waals surface area contributed by atoms with Crippen LogP contribution in [0, 0.1) is 0 Å². The Labute approximate surface area is 228 Å². The van der Waals surface area contributed by atoms with Crippen LogP contribution in [0.4, 0.5) is 0 Å². The molecule has 39 heavy (non-hydrogen) atoms. The number of carbonyl (C=O) groups excluding carboxylic acids is 2. The lowest BCUT2D eigenvalue weighted by Gasteiger charge is -2.47. The fourth-order valence-corrected chi connectivity index (χ4v) is 6.18. The second-order valence-electron chi connectivity index (χ2n) is 10.3. The number of aromatic amines is 1. The summed E-state index contributed by atoms with van der Waals surface area (Å²) in [5.74, 6) is 1.35. The first-order valence-electron chi connectivity index (χ1n) is 13.5. The second-order valence-corrected chi connectivity index (χ2v) is 10.3. The Kier molecular flexibility index (Phi) is 6.73. The lowest BCUT2D eigenvalue weighted by molar-refractivity contribution is -0.159. The first kappa shape index (κ1) is 25.0. The molecule has 7 nitrogen and oxygen atoms in total. The van der Waals surface area contributed by atoms with Crippen LogP contribution in [0.3, 0.4) is 0 Å². The highest BCUT2D eigenvalue weighted by Crippen LogP contribution is 2.41. The minimum absolute atomic E-state index is 0.00859. The fourth-order valence-electron chi connectivity index (χ4n) is 6.18. The van der Waals surface area contributed by atoms with Crippen LogP contribution in [0.1, 0.15) is 34.8 Å². The third kappa shape index (κ3) is 4.62. The summed E-state index contributed by atoms with van der Waals surface area (Å²) in [7, 11) is 3.22. The smallest absolute Gasteiger partial charge is 0.246 e. The lowest BCUT2D eigenvalue weighted by atomic mass is 9.86. The average Bonchev–Trinajstić information content (AvgIpc) is 3.35. The van der Waals surface area contributed by atoms with Crippen LogP contribution in [-0.2, 0) is 28.9 Å². The summed E-state index contributed by atoms with van der Waals surface area (Å²) in [4.78, 5) is 34.8. The molecule has 3 aromatic carbocycles. The molecule has 2 amide bonds. The molecule has 4 aromatic rings. The van der Waals surface area contributed by atoms with E-state index in [1.165, 1.54) is 5.56 Å². The third-order valence-electron chi connectivity index (χ3n) is 8.13. The number of benzene rings is 3. The molecule has 0 saturated carbocycles. The molecule has 2 atom stereocenters. The van der Waals surface area contributed by atoms with Gasteiger partial charge in [0.15, 0.2) is 11.5 Å². The number of piperazine rings is 1. The number of methoxy groups -OCH3 is 2. The monoisotopic (exact) mass is 523 g/mol. The van der Waals surface area contributed by atoms with Gasteiger partial charge in [-0.3, -0.25) is 9.59 Å². The number of para-hydroxylation sites is 1. The minimum atomic E-state index is -0.496. The number of ether oxygens (including phenoxy) is 2. The van der Waals surface area contributed by atoms with E-state index < -0.39 is 6.04 Å². The summed E-state index contributed by atoms with van der Waals surface area (Å²) < 4.78 is 10.8. The van der Waals surface area contributed by atoms with E-state index in [2.05, 4.69) is 29.2 Å². The standard InChI is InChI=1S/C32H33N3O4/c1-38-28-15-13-22(18-29(28)39-2)16-17-34-20-30(36)35-26(14-12-21-8-4-3-5-9-21)31-24(19-27(35)32(34)37)23-10-6-7-11-25(23)33-31/h3-11,13,15,18,26-27,33H,12,14,16-17,19-20H2,1-2H3/t26-,27+/m1/s1. The first-order valence-corrected chi connectivity index (χ1v) is 13.5. The summed E-state index contributed by atoms with van der Waals surface area (Å²) in [5, 5.41) is 1.14. The molecule has 1 aromatic heterocycles. The van der Waals surface area contributed by atoms with Gasteiger partial charge in [0.25, 0.3) is 0 Å². The zero-order chi connectivity index (χ0) is 26.9. The molecule has 3 heterocycles. The third-order valence-corrected chi connectivity index (χ3v) is 8.13. The minimum Gasteiger partial charge on any atom is -0.493 e. The van der Waals surface area contributed by atoms with Crippen molar-refractivity contribution < 1.29 is 19.1 Å². The fraction of sp³-hybridized carbons (Fsp3) is 0.312. The molecule has 1 saturated heterocycles. The van der Waals surface area contributed by atoms with Crippen molar-refractivity contribution in [3.05, 3.63) is 95.2 Å². The number of rotatable bonds is 8. The molecule has 200 valence electrons. The summed E-state index contributed by atoms with van der Waals surface area (Å²) in [5.41, 5.74) is 5.54. The van der Waals surface area contributed by atoms with Gasteiger partial charge in [0, 0.05) is 29.6 Å². The number of nitrogens with zero attached hydrogens (tertiary/aromatic N) is 2. The van der Waals surface area contributed by atoms with E-state index in [9.17, 15) is 9.59 Å². The Morgan fingerprint density at radius 3 is 2.44 bits per heavy atom. The van der Waals surface area contributed by atoms with E-state index >= 15 is 0 Å². The maximum atomic E-state index is 13.9. The van der Waals surface area contributed by atoms with Crippen molar-refractivity contribution in [3.8, 4) is 11.5 Å². The number of hydrogen-bond donors (Lipinski definition) is 1. The van der Waals surface area contributed by atoms with Gasteiger partial charge in [0.1, 0.15) is 6.04 Å². The number of fused-ring (bicyclic) bond motifs is 4. The van der Waals surface area contributed by atoms with E-state index in [0.29, 0.717) is 30.9 Å². The summed E-state index contributed by atoms with van der Waals surface area (Å²) >= 11 is 0. The van der Waals surface area contributed by atoms with Crippen LogP contribution < -0.4 is 9.47 Å². The Bertz CT molecular complexity index is 1510. The van der Waals surface area contributed by atoms with Crippen molar-refractivity contribution in [2.45, 2.75) is 37.8 Å². The highest BCUT2D eigenvalue weighted by Gasteiger charge is 2.47. The maximum absolute atomic E-state index is 13.9. The predicted octanol–water partition coefficient (Wildman–Crippen LogP) is 4.70. The van der Waals surface area contributed by atoms with Crippen LogP contribution in [0.5, 0.6) is 11.5 Å². The second kappa shape index (κ2) is 10.5. The Morgan fingerprint density at radius 1 is 0.872 bits per heavy atom. The van der Waals surface area contributed by atoms with Crippen molar-refractivity contribution in [2.24, 2.45) is 0 Å². The molecule has 0 bridgehead atoms. The van der Waals surface area contributed by atoms with E-state index in [1.54, 1.807) is 19.1 Å². The van der Waals surface area contributed by atoms with Crippen molar-refractivity contribution >= 4 is 22.7 Å². The molecule has 0 spiro atoms. The van der Waals surface area contributed by atoms with Gasteiger partial charge in [0.2, 0.25) is 11.8 Å². The molecule has 0 aliphatic carbocycles. The van der Waals surface area contributed by atoms with Crippen LogP contribution in [0.2, 0.25) is 0 Å². The summed E-state index contributed by atoms with van der Waals surface area (Å²) in [6.45, 7) is 0.569. The van der Waals surface area contributed by atoms with E-state index in [0.717, 1.165) is 40.6 Å². The number of H-pyrrole nitrogens is 1. The van der Waals surface area contributed by atoms with Gasteiger partial charge in [-0.05, 0) is 54.2 Å². The summed E-state index contributed by atoms with van der Waals surface area (Å²) in [6.07, 6.45) is 2.74. The number of nitrogens with one attached hydrogen (secondary N) is 1. The quantitative estimate of drug-likeness (QED) is 0.363. The summed E-state index contributed by atoms with van der Waals surface area (Å²) in [6, 6.07) is 23.7. The van der Waals surface area contributed by atoms with Crippen LogP contribution in [0.25, 0.3) is 10.9 Å². The molecular formula is C32H33N3O4. The van der Waals surface area contributed by atoms with Gasteiger partial charge >= 0.3 is 0 Å². The molecule has 1 N–H and O–H groups in total. The van der Waals surface area contributed by atoms with Gasteiger partial charge in [-0.25, -0.2) is 0 Å². The number of aromatic nitrogens is 1. The van der Waals surface area contributed by atoms with Gasteiger partial charge in [-0.1, -0.05) is 54.6 Å². The van der Waals surface area contributed by atoms with E-state index in [-0.39, 0.29) is 24.4 Å². The number of carbonyl (C=O) groups is 2. The van der Waals surface area contributed by atoms with Gasteiger partial charge in [0.05, 0.1) is 26.8 Å². The normalized spacial score (nSPS) is 18.7. The highest BCUT2D eigenvalue weighted by molar-refractivity contribution is 5.97. The Hall–Kier alpha value is -4.26. The van der Waals surface area contributed by atoms with Crippen molar-refractivity contribution in [2.75, 3.05) is 27.3 Å². The SMILES string of the molecule is COc1ccc(CCN2CC(=O)N3[C@H](CCc4ccccc4)c4[nH]c5ccccc5c4C[C@H]3C2=O)cc1OC. The molecule has 7 heteroatoms. The van der Waals surface area contributed by atoms with Crippen molar-refractivity contribution in [1.82, 2.24) is 14.8 Å². The average molecular weight is 524 g/mol. The molecule has 2 aliphatic heterocycles. The zero-order valence-electron chi connectivity index (χ0n) is 22.4. The van der Waals surface area contributed by atoms with Gasteiger partial charge < -0.3 is 24.3 Å². The first-order chi connectivity index (χ1) is 19.1. The lowest BCUT2D eigenvalue weighted by Crippen LogP contribution is -2.63. The van der Waals surface area contributed by atoms with Gasteiger partial charge in [-0.2, -0.15) is 0 Å². The molecule has 0 unspecified atom stereocenters. The number of amides is 2. The largest absolute Gasteiger partial charge is 0.493 e. The number of aryl methyl sites for hydroxylation is 1.